The number of fused-ring (bicyclic) bond motifs is 1. The molecular weight excluding hydrogens is 322 g/mol. The molecular formula is C18H21N3O4. The highest BCUT2D eigenvalue weighted by Gasteiger charge is 2.42. The molecule has 0 unspecified atom stereocenters. The Morgan fingerprint density at radius 3 is 2.68 bits per heavy atom. The predicted molar refractivity (Wildman–Crippen MR) is 91.6 cm³/mol. The molecule has 1 fully saturated rings. The minimum Gasteiger partial charge on any atom is -0.448 e. The van der Waals surface area contributed by atoms with Crippen LogP contribution < -0.4 is 14.8 Å². The van der Waals surface area contributed by atoms with E-state index in [-0.39, 0.29) is 11.8 Å². The minimum atomic E-state index is -0.528. The molecule has 4 rings (SSSR count). The maximum atomic E-state index is 12.4. The lowest BCUT2D eigenvalue weighted by Gasteiger charge is -2.31. The molecule has 1 aromatic rings. The molecule has 1 aliphatic carbocycles. The fraction of sp³-hybridized carbons (Fsp3) is 0.500. The van der Waals surface area contributed by atoms with E-state index in [4.69, 9.17) is 9.47 Å². The maximum absolute atomic E-state index is 12.4. The van der Waals surface area contributed by atoms with Gasteiger partial charge in [-0.15, -0.1) is 0 Å². The van der Waals surface area contributed by atoms with Crippen LogP contribution >= 0.6 is 0 Å². The van der Waals surface area contributed by atoms with Crippen LogP contribution in [0.25, 0.3) is 0 Å². The van der Waals surface area contributed by atoms with E-state index in [9.17, 15) is 9.59 Å². The van der Waals surface area contributed by atoms with Crippen LogP contribution in [-0.2, 0) is 9.59 Å². The Bertz CT molecular complexity index is 753. The van der Waals surface area contributed by atoms with Gasteiger partial charge in [0.15, 0.2) is 11.5 Å². The Labute approximate surface area is 146 Å². The molecule has 3 aliphatic rings. The van der Waals surface area contributed by atoms with Crippen molar-refractivity contribution in [2.45, 2.75) is 50.7 Å². The van der Waals surface area contributed by atoms with Crippen molar-refractivity contribution in [3.63, 3.8) is 0 Å². The molecule has 7 heteroatoms. The number of benzene rings is 1. The number of hydrogen-bond acceptors (Lipinski definition) is 5. The molecule has 2 aliphatic heterocycles. The average molecular weight is 343 g/mol. The van der Waals surface area contributed by atoms with Gasteiger partial charge in [0.2, 0.25) is 5.91 Å². The van der Waals surface area contributed by atoms with E-state index in [1.165, 1.54) is 11.4 Å². The lowest BCUT2D eigenvalue weighted by Crippen LogP contribution is -2.40. The molecule has 1 spiro atoms. The number of nitrogens with one attached hydrogen (secondary N) is 1. The lowest BCUT2D eigenvalue weighted by atomic mass is 9.94. The van der Waals surface area contributed by atoms with Crippen molar-refractivity contribution in [2.75, 3.05) is 12.4 Å². The van der Waals surface area contributed by atoms with Gasteiger partial charge in [-0.25, -0.2) is 5.01 Å². The largest absolute Gasteiger partial charge is 0.448 e. The van der Waals surface area contributed by atoms with Crippen molar-refractivity contribution in [3.05, 3.63) is 18.2 Å². The SMILES string of the molecule is CN1N=C(C(=O)Nc2ccc3c(c2)OC2(CCCCC2)O3)CCC1=O. The quantitative estimate of drug-likeness (QED) is 0.895. The second-order valence-electron chi connectivity index (χ2n) is 6.76. The molecule has 25 heavy (non-hydrogen) atoms. The van der Waals surface area contributed by atoms with E-state index in [0.29, 0.717) is 30.0 Å². The van der Waals surface area contributed by atoms with Gasteiger partial charge < -0.3 is 14.8 Å². The highest BCUT2D eigenvalue weighted by molar-refractivity contribution is 6.43. The summed E-state index contributed by atoms with van der Waals surface area (Å²) in [4.78, 5) is 23.8. The molecule has 7 nitrogen and oxygen atoms in total. The first-order valence-electron chi connectivity index (χ1n) is 8.72. The van der Waals surface area contributed by atoms with Crippen LogP contribution in [-0.4, -0.2) is 35.4 Å². The van der Waals surface area contributed by atoms with Crippen LogP contribution in [0.3, 0.4) is 0 Å². The number of ether oxygens (including phenoxy) is 2. The number of carbonyl (C=O) groups excluding carboxylic acids is 2. The Kier molecular flexibility index (Phi) is 3.86. The summed E-state index contributed by atoms with van der Waals surface area (Å²) in [6.45, 7) is 0. The Balaban J connectivity index is 1.47. The van der Waals surface area contributed by atoms with Gasteiger partial charge in [0.1, 0.15) is 5.71 Å². The second kappa shape index (κ2) is 6.06. The Morgan fingerprint density at radius 1 is 1.16 bits per heavy atom. The van der Waals surface area contributed by atoms with Crippen molar-refractivity contribution in [2.24, 2.45) is 5.10 Å². The van der Waals surface area contributed by atoms with Gasteiger partial charge in [0, 0.05) is 44.5 Å². The third-order valence-corrected chi connectivity index (χ3v) is 4.88. The van der Waals surface area contributed by atoms with Crippen molar-refractivity contribution in [1.82, 2.24) is 5.01 Å². The van der Waals surface area contributed by atoms with Crippen LogP contribution in [0.1, 0.15) is 44.9 Å². The van der Waals surface area contributed by atoms with Crippen molar-refractivity contribution >= 4 is 23.2 Å². The standard InChI is InChI=1S/C18H21N3O4/c1-21-16(22)8-6-13(20-21)17(23)19-12-5-7-14-15(11-12)25-18(24-14)9-3-2-4-10-18/h5,7,11H,2-4,6,8-10H2,1H3,(H,19,23). The number of carbonyl (C=O) groups is 2. The first-order valence-corrected chi connectivity index (χ1v) is 8.72. The highest BCUT2D eigenvalue weighted by Crippen LogP contribution is 2.46. The zero-order chi connectivity index (χ0) is 17.4. The van der Waals surface area contributed by atoms with Crippen LogP contribution in [0.2, 0.25) is 0 Å². The van der Waals surface area contributed by atoms with Crippen molar-refractivity contribution in [1.29, 1.82) is 0 Å². The maximum Gasteiger partial charge on any atom is 0.271 e. The van der Waals surface area contributed by atoms with Gasteiger partial charge in [0.05, 0.1) is 0 Å². The van der Waals surface area contributed by atoms with E-state index < -0.39 is 5.79 Å². The number of rotatable bonds is 2. The van der Waals surface area contributed by atoms with Gasteiger partial charge >= 0.3 is 0 Å². The zero-order valence-electron chi connectivity index (χ0n) is 14.2. The smallest absolute Gasteiger partial charge is 0.271 e. The fourth-order valence-corrected chi connectivity index (χ4v) is 3.50. The molecule has 0 saturated heterocycles. The third kappa shape index (κ3) is 3.06. The number of hydrazone groups is 1. The van der Waals surface area contributed by atoms with Crippen LogP contribution in [0.4, 0.5) is 5.69 Å². The molecule has 0 radical (unpaired) electrons. The van der Waals surface area contributed by atoms with Gasteiger partial charge in [-0.05, 0) is 25.0 Å². The first kappa shape index (κ1) is 15.9. The molecule has 1 aromatic carbocycles. The summed E-state index contributed by atoms with van der Waals surface area (Å²) in [5.41, 5.74) is 0.978. The van der Waals surface area contributed by atoms with Gasteiger partial charge in [-0.1, -0.05) is 6.42 Å². The van der Waals surface area contributed by atoms with E-state index in [2.05, 4.69) is 10.4 Å². The molecule has 1 N–H and O–H groups in total. The Morgan fingerprint density at radius 2 is 1.92 bits per heavy atom. The summed E-state index contributed by atoms with van der Waals surface area (Å²) in [7, 11) is 1.55. The van der Waals surface area contributed by atoms with E-state index in [1.807, 2.05) is 6.07 Å². The number of nitrogens with zero attached hydrogens (tertiary/aromatic N) is 2. The van der Waals surface area contributed by atoms with E-state index in [1.54, 1.807) is 19.2 Å². The minimum absolute atomic E-state index is 0.0857. The summed E-state index contributed by atoms with van der Waals surface area (Å²) >= 11 is 0. The molecule has 1 saturated carbocycles. The molecule has 2 heterocycles. The average Bonchev–Trinajstić information content (AvgIpc) is 2.94. The molecule has 0 aromatic heterocycles. The molecule has 0 atom stereocenters. The monoisotopic (exact) mass is 343 g/mol. The lowest BCUT2D eigenvalue weighted by molar-refractivity contribution is -0.130. The number of amides is 2. The molecule has 0 bridgehead atoms. The summed E-state index contributed by atoms with van der Waals surface area (Å²) in [6, 6.07) is 5.40. The van der Waals surface area contributed by atoms with Crippen molar-refractivity contribution < 1.29 is 19.1 Å². The van der Waals surface area contributed by atoms with E-state index >= 15 is 0 Å². The topological polar surface area (TPSA) is 80.2 Å². The number of anilines is 1. The summed E-state index contributed by atoms with van der Waals surface area (Å²) < 4.78 is 12.1. The summed E-state index contributed by atoms with van der Waals surface area (Å²) in [5.74, 6) is 0.473. The predicted octanol–water partition coefficient (Wildman–Crippen LogP) is 2.66. The van der Waals surface area contributed by atoms with E-state index in [0.717, 1.165) is 31.4 Å². The highest BCUT2D eigenvalue weighted by atomic mass is 16.7. The summed E-state index contributed by atoms with van der Waals surface area (Å²) in [5, 5.41) is 8.07. The van der Waals surface area contributed by atoms with Gasteiger partial charge in [0.25, 0.3) is 11.7 Å². The zero-order valence-corrected chi connectivity index (χ0v) is 14.2. The fourth-order valence-electron chi connectivity index (χ4n) is 3.50. The van der Waals surface area contributed by atoms with Crippen LogP contribution in [0.5, 0.6) is 11.5 Å². The molecule has 2 amide bonds. The first-order chi connectivity index (χ1) is 12.0. The van der Waals surface area contributed by atoms with Gasteiger partial charge in [-0.2, -0.15) is 5.10 Å². The van der Waals surface area contributed by atoms with Crippen LogP contribution in [0, 0.1) is 0 Å². The van der Waals surface area contributed by atoms with Crippen molar-refractivity contribution in [3.8, 4) is 11.5 Å². The number of hydrogen-bond donors (Lipinski definition) is 1. The Hall–Kier alpha value is -2.57. The summed E-state index contributed by atoms with van der Waals surface area (Å²) in [6.07, 6.45) is 5.84. The normalized spacial score (nSPS) is 21.2. The molecule has 132 valence electrons. The van der Waals surface area contributed by atoms with Gasteiger partial charge in [-0.3, -0.25) is 9.59 Å². The third-order valence-electron chi connectivity index (χ3n) is 4.88. The van der Waals surface area contributed by atoms with Crippen LogP contribution in [0.15, 0.2) is 23.3 Å². The second-order valence-corrected chi connectivity index (χ2v) is 6.76.